The van der Waals surface area contributed by atoms with Crippen molar-refractivity contribution in [2.75, 3.05) is 19.7 Å². The van der Waals surface area contributed by atoms with Crippen LogP contribution in [0.15, 0.2) is 53.1 Å². The molecule has 1 aliphatic heterocycles. The molecule has 0 aliphatic carbocycles. The zero-order chi connectivity index (χ0) is 14.5. The van der Waals surface area contributed by atoms with Crippen LogP contribution in [-0.4, -0.2) is 30.5 Å². The summed E-state index contributed by atoms with van der Waals surface area (Å²) in [6.07, 6.45) is 3.64. The van der Waals surface area contributed by atoms with Gasteiger partial charge in [-0.3, -0.25) is 4.79 Å². The Morgan fingerprint density at radius 3 is 2.86 bits per heavy atom. The molecule has 1 saturated heterocycles. The third-order valence-electron chi connectivity index (χ3n) is 3.77. The maximum absolute atomic E-state index is 12.3. The predicted molar refractivity (Wildman–Crippen MR) is 79.3 cm³/mol. The standard InChI is InChI=1S/C17H19NO3/c19-17(16-9-5-11-20-16)18-10-4-6-14(12-18)13-21-15-7-2-1-3-8-15/h1-3,5,7-9,11,14H,4,6,10,12-13H2. The number of carbonyl (C=O) groups excluding carboxylic acids is 1. The molecule has 4 nitrogen and oxygen atoms in total. The van der Waals surface area contributed by atoms with Crippen LogP contribution in [0, 0.1) is 5.92 Å². The first-order valence-corrected chi connectivity index (χ1v) is 7.33. The van der Waals surface area contributed by atoms with E-state index in [4.69, 9.17) is 9.15 Å². The Labute approximate surface area is 124 Å². The number of benzene rings is 1. The van der Waals surface area contributed by atoms with E-state index in [1.807, 2.05) is 35.2 Å². The van der Waals surface area contributed by atoms with Crippen LogP contribution in [-0.2, 0) is 0 Å². The molecule has 3 rings (SSSR count). The minimum Gasteiger partial charge on any atom is -0.493 e. The second kappa shape index (κ2) is 6.48. The number of hydrogen-bond acceptors (Lipinski definition) is 3. The molecule has 4 heteroatoms. The molecular weight excluding hydrogens is 266 g/mol. The summed E-state index contributed by atoms with van der Waals surface area (Å²) in [7, 11) is 0. The van der Waals surface area contributed by atoms with Crippen molar-refractivity contribution < 1.29 is 13.9 Å². The topological polar surface area (TPSA) is 42.7 Å². The molecule has 0 radical (unpaired) electrons. The second-order valence-electron chi connectivity index (χ2n) is 5.36. The van der Waals surface area contributed by atoms with Gasteiger partial charge in [0.1, 0.15) is 5.75 Å². The summed E-state index contributed by atoms with van der Waals surface area (Å²) in [6, 6.07) is 13.3. The average molecular weight is 285 g/mol. The van der Waals surface area contributed by atoms with E-state index in [2.05, 4.69) is 0 Å². The average Bonchev–Trinajstić information content (AvgIpc) is 3.08. The van der Waals surface area contributed by atoms with Gasteiger partial charge >= 0.3 is 0 Å². The number of likely N-dealkylation sites (tertiary alicyclic amines) is 1. The monoisotopic (exact) mass is 285 g/mol. The minimum absolute atomic E-state index is 0.0237. The van der Waals surface area contributed by atoms with Gasteiger partial charge in [-0.25, -0.2) is 0 Å². The van der Waals surface area contributed by atoms with Gasteiger partial charge < -0.3 is 14.1 Å². The Morgan fingerprint density at radius 2 is 2.10 bits per heavy atom. The molecule has 1 aromatic carbocycles. The molecular formula is C17H19NO3. The zero-order valence-corrected chi connectivity index (χ0v) is 11.9. The molecule has 21 heavy (non-hydrogen) atoms. The summed E-state index contributed by atoms with van der Waals surface area (Å²) in [6.45, 7) is 2.17. The smallest absolute Gasteiger partial charge is 0.289 e. The molecule has 0 N–H and O–H groups in total. The molecule has 0 saturated carbocycles. The van der Waals surface area contributed by atoms with Crippen LogP contribution >= 0.6 is 0 Å². The molecule has 2 aromatic rings. The Morgan fingerprint density at radius 1 is 1.24 bits per heavy atom. The molecule has 1 atom stereocenters. The number of para-hydroxylation sites is 1. The molecule has 110 valence electrons. The van der Waals surface area contributed by atoms with Gasteiger partial charge in [0.25, 0.3) is 5.91 Å². The summed E-state index contributed by atoms with van der Waals surface area (Å²) in [5.41, 5.74) is 0. The minimum atomic E-state index is -0.0237. The predicted octanol–water partition coefficient (Wildman–Crippen LogP) is 3.21. The van der Waals surface area contributed by atoms with E-state index in [0.717, 1.165) is 31.7 Å². The number of nitrogens with zero attached hydrogens (tertiary/aromatic N) is 1. The lowest BCUT2D eigenvalue weighted by atomic mass is 9.99. The van der Waals surface area contributed by atoms with Crippen LogP contribution in [0.3, 0.4) is 0 Å². The van der Waals surface area contributed by atoms with Gasteiger partial charge in [0, 0.05) is 19.0 Å². The fraction of sp³-hybridized carbons (Fsp3) is 0.353. The van der Waals surface area contributed by atoms with E-state index in [9.17, 15) is 4.79 Å². The Hall–Kier alpha value is -2.23. The molecule has 1 unspecified atom stereocenters. The van der Waals surface area contributed by atoms with Crippen LogP contribution in [0.1, 0.15) is 23.4 Å². The summed E-state index contributed by atoms with van der Waals surface area (Å²) < 4.78 is 11.0. The fourth-order valence-corrected chi connectivity index (χ4v) is 2.67. The number of hydrogen-bond donors (Lipinski definition) is 0. The lowest BCUT2D eigenvalue weighted by molar-refractivity contribution is 0.0602. The molecule has 1 aromatic heterocycles. The highest BCUT2D eigenvalue weighted by molar-refractivity contribution is 5.91. The van der Waals surface area contributed by atoms with E-state index >= 15 is 0 Å². The highest BCUT2D eigenvalue weighted by Gasteiger charge is 2.26. The van der Waals surface area contributed by atoms with Gasteiger partial charge in [0.05, 0.1) is 12.9 Å². The van der Waals surface area contributed by atoms with Gasteiger partial charge in [-0.2, -0.15) is 0 Å². The lowest BCUT2D eigenvalue weighted by Crippen LogP contribution is -2.41. The van der Waals surface area contributed by atoms with Crippen molar-refractivity contribution in [1.29, 1.82) is 0 Å². The van der Waals surface area contributed by atoms with E-state index in [1.165, 1.54) is 6.26 Å². The van der Waals surface area contributed by atoms with Crippen molar-refractivity contribution in [3.8, 4) is 5.75 Å². The van der Waals surface area contributed by atoms with Crippen molar-refractivity contribution >= 4 is 5.91 Å². The summed E-state index contributed by atoms with van der Waals surface area (Å²) in [5.74, 6) is 1.65. The van der Waals surface area contributed by atoms with Crippen molar-refractivity contribution in [2.24, 2.45) is 5.92 Å². The van der Waals surface area contributed by atoms with Gasteiger partial charge in [-0.05, 0) is 37.1 Å². The van der Waals surface area contributed by atoms with Gasteiger partial charge in [0.2, 0.25) is 0 Å². The first-order valence-electron chi connectivity index (χ1n) is 7.33. The van der Waals surface area contributed by atoms with E-state index in [-0.39, 0.29) is 5.91 Å². The number of rotatable bonds is 4. The number of ether oxygens (including phenoxy) is 1. The van der Waals surface area contributed by atoms with Crippen LogP contribution in [0.4, 0.5) is 0 Å². The Bertz CT molecular complexity index is 565. The maximum atomic E-state index is 12.3. The van der Waals surface area contributed by atoms with E-state index < -0.39 is 0 Å². The quantitative estimate of drug-likeness (QED) is 0.866. The molecule has 1 amide bonds. The number of carbonyl (C=O) groups is 1. The first-order chi connectivity index (χ1) is 10.3. The van der Waals surface area contributed by atoms with Crippen LogP contribution in [0.25, 0.3) is 0 Å². The third-order valence-corrected chi connectivity index (χ3v) is 3.77. The van der Waals surface area contributed by atoms with E-state index in [1.54, 1.807) is 12.1 Å². The summed E-state index contributed by atoms with van der Waals surface area (Å²) >= 11 is 0. The largest absolute Gasteiger partial charge is 0.493 e. The summed E-state index contributed by atoms with van der Waals surface area (Å²) in [5, 5.41) is 0. The first kappa shape index (κ1) is 13.7. The normalized spacial score (nSPS) is 18.5. The number of amides is 1. The summed E-state index contributed by atoms with van der Waals surface area (Å²) in [4.78, 5) is 14.1. The lowest BCUT2D eigenvalue weighted by Gasteiger charge is -2.32. The van der Waals surface area contributed by atoms with Crippen molar-refractivity contribution in [1.82, 2.24) is 4.90 Å². The molecule has 1 fully saturated rings. The van der Waals surface area contributed by atoms with Crippen molar-refractivity contribution in [2.45, 2.75) is 12.8 Å². The van der Waals surface area contributed by atoms with E-state index in [0.29, 0.717) is 18.3 Å². The Balaban J connectivity index is 1.55. The zero-order valence-electron chi connectivity index (χ0n) is 11.9. The van der Waals surface area contributed by atoms with Gasteiger partial charge in [-0.1, -0.05) is 18.2 Å². The van der Waals surface area contributed by atoms with Crippen LogP contribution < -0.4 is 4.74 Å². The molecule has 1 aliphatic rings. The highest BCUT2D eigenvalue weighted by atomic mass is 16.5. The SMILES string of the molecule is O=C(c1ccco1)N1CCCC(COc2ccccc2)C1. The highest BCUT2D eigenvalue weighted by Crippen LogP contribution is 2.20. The van der Waals surface area contributed by atoms with Crippen LogP contribution in [0.2, 0.25) is 0 Å². The third kappa shape index (κ3) is 3.45. The van der Waals surface area contributed by atoms with Crippen LogP contribution in [0.5, 0.6) is 5.75 Å². The number of furan rings is 1. The molecule has 0 spiro atoms. The maximum Gasteiger partial charge on any atom is 0.289 e. The second-order valence-corrected chi connectivity index (χ2v) is 5.36. The molecule has 2 heterocycles. The van der Waals surface area contributed by atoms with Crippen molar-refractivity contribution in [3.05, 3.63) is 54.5 Å². The van der Waals surface area contributed by atoms with Crippen molar-refractivity contribution in [3.63, 3.8) is 0 Å². The number of piperidine rings is 1. The molecule has 0 bridgehead atoms. The van der Waals surface area contributed by atoms with Gasteiger partial charge in [-0.15, -0.1) is 0 Å². The Kier molecular flexibility index (Phi) is 4.24. The fourth-order valence-electron chi connectivity index (χ4n) is 2.67. The van der Waals surface area contributed by atoms with Gasteiger partial charge in [0.15, 0.2) is 5.76 Å².